The first-order valence-corrected chi connectivity index (χ1v) is 15.6. The molecule has 2 atom stereocenters. The van der Waals surface area contributed by atoms with Crippen molar-refractivity contribution in [2.45, 2.75) is 103 Å². The van der Waals surface area contributed by atoms with Crippen LogP contribution in [0.2, 0.25) is 0 Å². The number of hydrogen-bond acceptors (Lipinski definition) is 6. The molecule has 0 unspecified atom stereocenters. The average molecular weight is 469 g/mol. The molecule has 0 saturated carbocycles. The summed E-state index contributed by atoms with van der Waals surface area (Å²) in [5, 5.41) is 0. The van der Waals surface area contributed by atoms with Crippen LogP contribution in [0.3, 0.4) is 0 Å². The Hall–Kier alpha value is -0.180. The fourth-order valence-electron chi connectivity index (χ4n) is 3.71. The first-order chi connectivity index (χ1) is 14.3. The van der Waals surface area contributed by atoms with E-state index in [1.165, 1.54) is 38.5 Å². The smallest absolute Gasteiger partial charge is 0.152 e. The van der Waals surface area contributed by atoms with Gasteiger partial charge in [0.25, 0.3) is 0 Å². The van der Waals surface area contributed by atoms with Crippen molar-refractivity contribution in [1.29, 1.82) is 0 Å². The summed E-state index contributed by atoms with van der Waals surface area (Å²) >= 11 is 0. The van der Waals surface area contributed by atoms with Crippen molar-refractivity contribution in [3.05, 3.63) is 0 Å². The largest absolute Gasteiger partial charge is 0.372 e. The predicted molar refractivity (Wildman–Crippen MR) is 124 cm³/mol. The molecule has 1 rings (SSSR count). The van der Waals surface area contributed by atoms with Gasteiger partial charge >= 0.3 is 0 Å². The minimum Gasteiger partial charge on any atom is -0.372 e. The molecule has 1 heterocycles. The molecule has 0 aromatic heterocycles. The maximum absolute atomic E-state index is 12.3. The van der Waals surface area contributed by atoms with E-state index in [-0.39, 0.29) is 36.2 Å². The van der Waals surface area contributed by atoms with Crippen LogP contribution in [-0.4, -0.2) is 65.3 Å². The number of ether oxygens (including phenoxy) is 2. The van der Waals surface area contributed by atoms with Crippen molar-refractivity contribution < 1.29 is 26.3 Å². The molecule has 180 valence electrons. The quantitative estimate of drug-likeness (QED) is 0.278. The molecule has 0 radical (unpaired) electrons. The summed E-state index contributed by atoms with van der Waals surface area (Å²) in [6.45, 7) is 4.61. The van der Waals surface area contributed by atoms with Crippen molar-refractivity contribution in [3.8, 4) is 0 Å². The van der Waals surface area contributed by atoms with E-state index in [2.05, 4.69) is 13.8 Å². The second-order valence-electron chi connectivity index (χ2n) is 8.67. The minimum absolute atomic E-state index is 0.0425. The highest BCUT2D eigenvalue weighted by Crippen LogP contribution is 2.15. The highest BCUT2D eigenvalue weighted by molar-refractivity contribution is 7.91. The third-order valence-corrected chi connectivity index (χ3v) is 9.11. The molecule has 0 N–H and O–H groups in total. The van der Waals surface area contributed by atoms with Crippen molar-refractivity contribution in [2.24, 2.45) is 0 Å². The zero-order chi connectivity index (χ0) is 22.3. The van der Waals surface area contributed by atoms with E-state index in [0.29, 0.717) is 12.8 Å². The zero-order valence-corrected chi connectivity index (χ0v) is 20.8. The second-order valence-corrected chi connectivity index (χ2v) is 13.1. The molecule has 1 fully saturated rings. The molecule has 1 saturated heterocycles. The molecule has 1 aliphatic heterocycles. The SMILES string of the molecule is CCCCCCCCS(=O)(=O)C[C@H]1CO[C@@H](CS(=O)(=O)CCCCCCCC)CO1. The van der Waals surface area contributed by atoms with Crippen LogP contribution >= 0.6 is 0 Å². The van der Waals surface area contributed by atoms with Crippen molar-refractivity contribution >= 4 is 19.7 Å². The molecule has 0 aromatic rings. The van der Waals surface area contributed by atoms with Crippen LogP contribution in [0.5, 0.6) is 0 Å². The lowest BCUT2D eigenvalue weighted by atomic mass is 10.1. The molecule has 0 spiro atoms. The fraction of sp³-hybridized carbons (Fsp3) is 1.00. The van der Waals surface area contributed by atoms with Gasteiger partial charge in [-0.3, -0.25) is 0 Å². The average Bonchev–Trinajstić information content (AvgIpc) is 2.68. The Labute approximate surface area is 185 Å². The van der Waals surface area contributed by atoms with E-state index in [1.54, 1.807) is 0 Å². The van der Waals surface area contributed by atoms with Gasteiger partial charge in [-0.15, -0.1) is 0 Å². The summed E-state index contributed by atoms with van der Waals surface area (Å²) < 4.78 is 60.4. The zero-order valence-electron chi connectivity index (χ0n) is 19.1. The Morgan fingerprint density at radius 2 is 0.900 bits per heavy atom. The van der Waals surface area contributed by atoms with Gasteiger partial charge in [0.1, 0.15) is 0 Å². The topological polar surface area (TPSA) is 86.7 Å². The van der Waals surface area contributed by atoms with E-state index >= 15 is 0 Å². The van der Waals surface area contributed by atoms with Gasteiger partial charge in [-0.05, 0) is 12.8 Å². The Balaban J connectivity index is 2.21. The van der Waals surface area contributed by atoms with Crippen LogP contribution < -0.4 is 0 Å². The number of sulfone groups is 2. The first kappa shape index (κ1) is 27.9. The first-order valence-electron chi connectivity index (χ1n) is 11.9. The third-order valence-electron chi connectivity index (χ3n) is 5.53. The van der Waals surface area contributed by atoms with Crippen LogP contribution in [0.15, 0.2) is 0 Å². The van der Waals surface area contributed by atoms with Crippen LogP contribution in [0, 0.1) is 0 Å². The molecule has 1 aliphatic rings. The van der Waals surface area contributed by atoms with Crippen LogP contribution in [0.4, 0.5) is 0 Å². The van der Waals surface area contributed by atoms with Gasteiger partial charge < -0.3 is 9.47 Å². The Bertz CT molecular complexity index is 566. The Kier molecular flexibility index (Phi) is 14.5. The maximum atomic E-state index is 12.3. The van der Waals surface area contributed by atoms with E-state index in [1.807, 2.05) is 0 Å². The van der Waals surface area contributed by atoms with E-state index in [9.17, 15) is 16.8 Å². The second kappa shape index (κ2) is 15.6. The van der Waals surface area contributed by atoms with Crippen molar-refractivity contribution in [2.75, 3.05) is 36.2 Å². The third kappa shape index (κ3) is 14.0. The summed E-state index contributed by atoms with van der Waals surface area (Å²) in [5.74, 6) is 0.294. The fourth-order valence-corrected chi connectivity index (χ4v) is 6.85. The van der Waals surface area contributed by atoms with Gasteiger partial charge in [-0.1, -0.05) is 78.1 Å². The van der Waals surface area contributed by atoms with Crippen molar-refractivity contribution in [1.82, 2.24) is 0 Å². The lowest BCUT2D eigenvalue weighted by Gasteiger charge is -2.29. The van der Waals surface area contributed by atoms with Crippen molar-refractivity contribution in [3.63, 3.8) is 0 Å². The molecular formula is C22H44O6S2. The van der Waals surface area contributed by atoms with Gasteiger partial charge in [0.2, 0.25) is 0 Å². The van der Waals surface area contributed by atoms with Gasteiger partial charge in [-0.2, -0.15) is 0 Å². The van der Waals surface area contributed by atoms with E-state index in [0.717, 1.165) is 25.7 Å². The van der Waals surface area contributed by atoms with E-state index < -0.39 is 31.9 Å². The van der Waals surface area contributed by atoms with Gasteiger partial charge in [0.15, 0.2) is 19.7 Å². The van der Waals surface area contributed by atoms with Crippen LogP contribution in [-0.2, 0) is 29.1 Å². The molecule has 0 aliphatic carbocycles. The number of hydrogen-bond donors (Lipinski definition) is 0. The molecule has 0 amide bonds. The van der Waals surface area contributed by atoms with E-state index in [4.69, 9.17) is 9.47 Å². The summed E-state index contributed by atoms with van der Waals surface area (Å²) in [6.07, 6.45) is 11.6. The predicted octanol–water partition coefficient (Wildman–Crippen LogP) is 4.32. The standard InChI is InChI=1S/C22H44O6S2/c1-3-5-7-9-11-13-15-29(23,24)19-21-17-28-22(18-27-21)20-30(25,26)16-14-12-10-8-6-4-2/h21-22H,3-20H2,1-2H3/t21-,22-/m1/s1. The maximum Gasteiger partial charge on any atom is 0.152 e. The summed E-state index contributed by atoms with van der Waals surface area (Å²) in [5.41, 5.74) is 0. The lowest BCUT2D eigenvalue weighted by molar-refractivity contribution is -0.116. The number of unbranched alkanes of at least 4 members (excludes halogenated alkanes) is 10. The Morgan fingerprint density at radius 3 is 1.23 bits per heavy atom. The molecule has 0 bridgehead atoms. The minimum atomic E-state index is -3.17. The van der Waals surface area contributed by atoms with Gasteiger partial charge in [0.05, 0.1) is 48.4 Å². The highest BCUT2D eigenvalue weighted by atomic mass is 32.2. The normalized spacial score (nSPS) is 20.5. The van der Waals surface area contributed by atoms with Crippen LogP contribution in [0.1, 0.15) is 90.9 Å². The highest BCUT2D eigenvalue weighted by Gasteiger charge is 2.29. The molecule has 30 heavy (non-hydrogen) atoms. The molecular weight excluding hydrogens is 424 g/mol. The molecule has 8 heteroatoms. The molecule has 0 aromatic carbocycles. The lowest BCUT2D eigenvalue weighted by Crippen LogP contribution is -2.42. The Morgan fingerprint density at radius 1 is 0.567 bits per heavy atom. The summed E-state index contributed by atoms with van der Waals surface area (Å²) in [7, 11) is -6.34. The number of rotatable bonds is 18. The summed E-state index contributed by atoms with van der Waals surface area (Å²) in [4.78, 5) is 0. The summed E-state index contributed by atoms with van der Waals surface area (Å²) in [6, 6.07) is 0. The monoisotopic (exact) mass is 468 g/mol. The van der Waals surface area contributed by atoms with Gasteiger partial charge in [0, 0.05) is 0 Å². The van der Waals surface area contributed by atoms with Gasteiger partial charge in [-0.25, -0.2) is 16.8 Å². The molecule has 6 nitrogen and oxygen atoms in total. The van der Waals surface area contributed by atoms with Crippen LogP contribution in [0.25, 0.3) is 0 Å².